The van der Waals surface area contributed by atoms with Gasteiger partial charge in [0.15, 0.2) is 5.82 Å². The van der Waals surface area contributed by atoms with Crippen molar-refractivity contribution >= 4 is 30.0 Å². The molecular weight excluding hydrogens is 396 g/mol. The summed E-state index contributed by atoms with van der Waals surface area (Å²) in [6, 6.07) is 7.79. The van der Waals surface area contributed by atoms with Gasteiger partial charge in [0.1, 0.15) is 6.10 Å². The number of halogens is 1. The molecule has 0 aliphatic carbocycles. The van der Waals surface area contributed by atoms with Gasteiger partial charge in [-0.1, -0.05) is 29.8 Å². The van der Waals surface area contributed by atoms with Crippen molar-refractivity contribution in [3.05, 3.63) is 62.4 Å². The van der Waals surface area contributed by atoms with Crippen molar-refractivity contribution in [3.63, 3.8) is 0 Å². The van der Waals surface area contributed by atoms with Gasteiger partial charge in [0.05, 0.1) is 18.5 Å². The largest absolute Gasteiger partial charge is 0.370 e. The topological polar surface area (TPSA) is 73.0 Å². The summed E-state index contributed by atoms with van der Waals surface area (Å²) in [5.74, 6) is 0.706. The highest BCUT2D eigenvalue weighted by Gasteiger charge is 2.23. The van der Waals surface area contributed by atoms with Crippen molar-refractivity contribution < 1.29 is 4.74 Å². The molecule has 0 radical (unpaired) electrons. The molecule has 9 heteroatoms. The van der Waals surface area contributed by atoms with E-state index in [1.807, 2.05) is 42.8 Å². The molecule has 1 aromatic carbocycles. The van der Waals surface area contributed by atoms with Crippen LogP contribution in [0.25, 0.3) is 0 Å². The molecule has 146 valence electrons. The minimum atomic E-state index is -0.0739. The third-order valence-corrected chi connectivity index (χ3v) is 5.54. The van der Waals surface area contributed by atoms with Gasteiger partial charge in [-0.15, -0.1) is 0 Å². The molecule has 28 heavy (non-hydrogen) atoms. The molecule has 0 amide bonds. The molecule has 0 saturated carbocycles. The molecule has 1 aliphatic rings. The van der Waals surface area contributed by atoms with E-state index in [9.17, 15) is 0 Å². The van der Waals surface area contributed by atoms with Crippen molar-refractivity contribution in [1.29, 1.82) is 0 Å². The van der Waals surface area contributed by atoms with Gasteiger partial charge in [-0.05, 0) is 50.5 Å². The number of nitrogens with zero attached hydrogens (tertiary/aromatic N) is 5. The Morgan fingerprint density at radius 2 is 2.21 bits per heavy atom. The van der Waals surface area contributed by atoms with Crippen LogP contribution >= 0.6 is 23.8 Å². The van der Waals surface area contributed by atoms with E-state index in [1.54, 1.807) is 10.9 Å². The zero-order valence-corrected chi connectivity index (χ0v) is 17.3. The minimum Gasteiger partial charge on any atom is -0.370 e. The summed E-state index contributed by atoms with van der Waals surface area (Å²) < 4.78 is 9.74. The molecule has 1 N–H and O–H groups in total. The van der Waals surface area contributed by atoms with Gasteiger partial charge in [-0.2, -0.15) is 20.0 Å². The highest BCUT2D eigenvalue weighted by Crippen LogP contribution is 2.27. The Balaban J connectivity index is 1.63. The van der Waals surface area contributed by atoms with E-state index in [2.05, 4.69) is 20.4 Å². The summed E-state index contributed by atoms with van der Waals surface area (Å²) in [4.78, 5) is 0. The number of aromatic amines is 1. The Kier molecular flexibility index (Phi) is 5.43. The molecule has 3 heterocycles. The first kappa shape index (κ1) is 19.0. The standard InChI is InChI=1S/C19H21ClN6OS/c1-12-15(13(2)25(24-12)11-14-6-3-4-7-16(14)20)10-21-26-18(22-23-19(26)28)17-8-5-9-27-17/h3-4,6-7,10,17H,5,8-9,11H2,1-2H3,(H,23,28)/t17-/m1/s1. The third kappa shape index (κ3) is 3.67. The Hall–Kier alpha value is -2.29. The smallest absolute Gasteiger partial charge is 0.216 e. The van der Waals surface area contributed by atoms with E-state index in [-0.39, 0.29) is 6.10 Å². The molecule has 3 aromatic rings. The molecule has 0 unspecified atom stereocenters. The number of benzene rings is 1. The fourth-order valence-corrected chi connectivity index (χ4v) is 3.74. The number of hydrogen-bond acceptors (Lipinski definition) is 5. The predicted octanol–water partition coefficient (Wildman–Crippen LogP) is 4.19. The van der Waals surface area contributed by atoms with Crippen LogP contribution in [-0.4, -0.2) is 37.5 Å². The summed E-state index contributed by atoms with van der Waals surface area (Å²) >= 11 is 11.6. The molecule has 1 aliphatic heterocycles. The van der Waals surface area contributed by atoms with Gasteiger partial charge in [-0.25, -0.2) is 0 Å². The molecule has 2 aromatic heterocycles. The van der Waals surface area contributed by atoms with Crippen LogP contribution in [0.5, 0.6) is 0 Å². The number of nitrogens with one attached hydrogen (secondary N) is 1. The summed E-state index contributed by atoms with van der Waals surface area (Å²) in [5.41, 5.74) is 3.88. The van der Waals surface area contributed by atoms with Gasteiger partial charge in [-0.3, -0.25) is 9.78 Å². The van der Waals surface area contributed by atoms with Crippen molar-refractivity contribution in [2.75, 3.05) is 6.61 Å². The van der Waals surface area contributed by atoms with Crippen LogP contribution in [0, 0.1) is 18.6 Å². The molecule has 0 spiro atoms. The van der Waals surface area contributed by atoms with E-state index >= 15 is 0 Å². The second-order valence-corrected chi connectivity index (χ2v) is 7.57. The summed E-state index contributed by atoms with van der Waals surface area (Å²) in [7, 11) is 0. The lowest BCUT2D eigenvalue weighted by molar-refractivity contribution is 0.102. The predicted molar refractivity (Wildman–Crippen MR) is 111 cm³/mol. The van der Waals surface area contributed by atoms with Gasteiger partial charge >= 0.3 is 0 Å². The molecule has 1 fully saturated rings. The number of H-pyrrole nitrogens is 1. The lowest BCUT2D eigenvalue weighted by Crippen LogP contribution is -2.06. The maximum Gasteiger partial charge on any atom is 0.216 e. The number of hydrogen-bond donors (Lipinski definition) is 1. The van der Waals surface area contributed by atoms with Gasteiger partial charge in [0.2, 0.25) is 4.77 Å². The average molecular weight is 417 g/mol. The maximum absolute atomic E-state index is 6.29. The van der Waals surface area contributed by atoms with Crippen LogP contribution in [-0.2, 0) is 11.3 Å². The fraction of sp³-hybridized carbons (Fsp3) is 0.368. The maximum atomic E-state index is 6.29. The molecule has 0 bridgehead atoms. The quantitative estimate of drug-likeness (QED) is 0.500. The van der Waals surface area contributed by atoms with Gasteiger partial charge < -0.3 is 4.74 Å². The van der Waals surface area contributed by atoms with Crippen LogP contribution in [0.15, 0.2) is 29.4 Å². The Labute approximate surface area is 173 Å². The van der Waals surface area contributed by atoms with E-state index in [1.165, 1.54) is 0 Å². The first-order chi connectivity index (χ1) is 13.5. The van der Waals surface area contributed by atoms with Crippen molar-refractivity contribution in [3.8, 4) is 0 Å². The summed E-state index contributed by atoms with van der Waals surface area (Å²) in [5, 5.41) is 17.1. The molecular formula is C19H21ClN6OS. The lowest BCUT2D eigenvalue weighted by atomic mass is 10.2. The highest BCUT2D eigenvalue weighted by molar-refractivity contribution is 7.71. The van der Waals surface area contributed by atoms with E-state index < -0.39 is 0 Å². The molecule has 4 rings (SSSR count). The van der Waals surface area contributed by atoms with E-state index in [0.29, 0.717) is 17.1 Å². The second kappa shape index (κ2) is 7.98. The van der Waals surface area contributed by atoms with Gasteiger partial charge in [0.25, 0.3) is 0 Å². The Morgan fingerprint density at radius 3 is 2.96 bits per heavy atom. The number of ether oxygens (including phenoxy) is 1. The van der Waals surface area contributed by atoms with Crippen LogP contribution in [0.1, 0.15) is 47.3 Å². The normalized spacial score (nSPS) is 17.0. The fourth-order valence-electron chi connectivity index (χ4n) is 3.36. The zero-order valence-electron chi connectivity index (χ0n) is 15.7. The first-order valence-electron chi connectivity index (χ1n) is 9.15. The SMILES string of the molecule is Cc1nn(Cc2ccccc2Cl)c(C)c1C=Nn1c([C@H]2CCCO2)n[nH]c1=S. The van der Waals surface area contributed by atoms with E-state index in [4.69, 9.17) is 28.6 Å². The summed E-state index contributed by atoms with van der Waals surface area (Å²) in [6.45, 7) is 5.33. The van der Waals surface area contributed by atoms with Crippen LogP contribution in [0.4, 0.5) is 0 Å². The molecule has 7 nitrogen and oxygen atoms in total. The second-order valence-electron chi connectivity index (χ2n) is 6.78. The summed E-state index contributed by atoms with van der Waals surface area (Å²) in [6.07, 6.45) is 3.64. The van der Waals surface area contributed by atoms with Crippen LogP contribution < -0.4 is 0 Å². The monoisotopic (exact) mass is 416 g/mol. The molecule has 1 saturated heterocycles. The van der Waals surface area contributed by atoms with Crippen molar-refractivity contribution in [2.24, 2.45) is 5.10 Å². The average Bonchev–Trinajstić information content (AvgIpc) is 3.38. The first-order valence-corrected chi connectivity index (χ1v) is 9.94. The van der Waals surface area contributed by atoms with Gasteiger partial charge in [0, 0.05) is 22.9 Å². The van der Waals surface area contributed by atoms with Crippen LogP contribution in [0.3, 0.4) is 0 Å². The van der Waals surface area contributed by atoms with Crippen molar-refractivity contribution in [2.45, 2.75) is 39.3 Å². The zero-order chi connectivity index (χ0) is 19.7. The lowest BCUT2D eigenvalue weighted by Gasteiger charge is -2.07. The molecule has 1 atom stereocenters. The number of rotatable bonds is 5. The van der Waals surface area contributed by atoms with E-state index in [0.717, 1.165) is 47.0 Å². The highest BCUT2D eigenvalue weighted by atomic mass is 35.5. The minimum absolute atomic E-state index is 0.0739. The third-order valence-electron chi connectivity index (χ3n) is 4.91. The number of aryl methyl sites for hydroxylation is 1. The van der Waals surface area contributed by atoms with Crippen molar-refractivity contribution in [1.82, 2.24) is 24.7 Å². The number of aromatic nitrogens is 5. The Morgan fingerprint density at radius 1 is 1.39 bits per heavy atom. The van der Waals surface area contributed by atoms with Crippen LogP contribution in [0.2, 0.25) is 5.02 Å². The Bertz CT molecular complexity index is 1080.